The third-order valence-electron chi connectivity index (χ3n) is 3.79. The van der Waals surface area contributed by atoms with Crippen molar-refractivity contribution in [1.82, 2.24) is 20.1 Å². The number of ether oxygens (including phenoxy) is 1. The van der Waals surface area contributed by atoms with E-state index in [1.165, 1.54) is 12.1 Å². The molecule has 0 radical (unpaired) electrons. The molecule has 3 heterocycles. The van der Waals surface area contributed by atoms with Crippen LogP contribution in [0.3, 0.4) is 0 Å². The number of hydrogen-bond acceptors (Lipinski definition) is 6. The highest BCUT2D eigenvalue weighted by molar-refractivity contribution is 5.77. The molecule has 0 unspecified atom stereocenters. The Labute approximate surface area is 154 Å². The molecule has 10 heteroatoms. The van der Waals surface area contributed by atoms with Crippen molar-refractivity contribution in [2.45, 2.75) is 12.8 Å². The molecule has 142 valence electrons. The van der Waals surface area contributed by atoms with Crippen molar-refractivity contribution in [3.05, 3.63) is 66.1 Å². The lowest BCUT2D eigenvalue weighted by molar-refractivity contribution is -0.159. The zero-order valence-corrected chi connectivity index (χ0v) is 13.9. The summed E-state index contributed by atoms with van der Waals surface area (Å²) in [4.78, 5) is 11.5. The Morgan fingerprint density at radius 3 is 2.64 bits per heavy atom. The van der Waals surface area contributed by atoms with E-state index in [4.69, 9.17) is 4.74 Å². The van der Waals surface area contributed by atoms with Gasteiger partial charge in [-0.25, -0.2) is 9.37 Å². The number of alkyl halides is 3. The highest BCUT2D eigenvalue weighted by Crippen LogP contribution is 2.30. The predicted molar refractivity (Wildman–Crippen MR) is 88.6 cm³/mol. The SMILES string of the molecule is Fc1cc(COc2ccc3cnccc3n2)ccc1-c1noc(C(F)(F)F)n1. The van der Waals surface area contributed by atoms with Gasteiger partial charge in [-0.1, -0.05) is 11.2 Å². The molecule has 0 aliphatic carbocycles. The zero-order valence-electron chi connectivity index (χ0n) is 13.9. The Balaban J connectivity index is 1.50. The van der Waals surface area contributed by atoms with Crippen molar-refractivity contribution in [3.8, 4) is 17.3 Å². The van der Waals surface area contributed by atoms with Crippen molar-refractivity contribution >= 4 is 10.9 Å². The lowest BCUT2D eigenvalue weighted by Gasteiger charge is -2.07. The Bertz CT molecular complexity index is 1140. The first-order valence-corrected chi connectivity index (χ1v) is 7.93. The Hall–Kier alpha value is -3.56. The number of halogens is 4. The fourth-order valence-electron chi connectivity index (χ4n) is 2.46. The second-order valence-corrected chi connectivity index (χ2v) is 5.74. The summed E-state index contributed by atoms with van der Waals surface area (Å²) in [5.41, 5.74) is 0.948. The normalized spacial score (nSPS) is 11.7. The molecule has 0 spiro atoms. The molecule has 3 aromatic heterocycles. The van der Waals surface area contributed by atoms with Crippen LogP contribution in [-0.4, -0.2) is 20.1 Å². The van der Waals surface area contributed by atoms with Crippen LogP contribution >= 0.6 is 0 Å². The topological polar surface area (TPSA) is 73.9 Å². The first-order chi connectivity index (χ1) is 13.4. The second-order valence-electron chi connectivity index (χ2n) is 5.74. The first kappa shape index (κ1) is 17.8. The molecule has 0 aliphatic rings. The average molecular weight is 390 g/mol. The van der Waals surface area contributed by atoms with E-state index in [1.54, 1.807) is 30.6 Å². The molecule has 0 saturated heterocycles. The van der Waals surface area contributed by atoms with Gasteiger partial charge < -0.3 is 9.26 Å². The standard InChI is InChI=1S/C18H10F4N4O2/c19-13-7-10(1-3-12(13)16-25-17(28-26-16)18(20,21)22)9-27-15-4-2-11-8-23-6-5-14(11)24-15/h1-8H,9H2. The van der Waals surface area contributed by atoms with E-state index in [1.807, 2.05) is 0 Å². The molecule has 0 saturated carbocycles. The van der Waals surface area contributed by atoms with Crippen LogP contribution in [0.1, 0.15) is 11.5 Å². The van der Waals surface area contributed by atoms with Gasteiger partial charge in [-0.15, -0.1) is 0 Å². The minimum Gasteiger partial charge on any atom is -0.473 e. The van der Waals surface area contributed by atoms with Gasteiger partial charge in [-0.3, -0.25) is 4.98 Å². The summed E-state index contributed by atoms with van der Waals surface area (Å²) in [5, 5.41) is 4.02. The van der Waals surface area contributed by atoms with Crippen LogP contribution in [-0.2, 0) is 12.8 Å². The minimum absolute atomic E-state index is 0.0147. The van der Waals surface area contributed by atoms with Crippen LogP contribution < -0.4 is 4.74 Å². The molecule has 0 fully saturated rings. The summed E-state index contributed by atoms with van der Waals surface area (Å²) in [6, 6.07) is 9.07. The van der Waals surface area contributed by atoms with Crippen molar-refractivity contribution < 1.29 is 26.8 Å². The van der Waals surface area contributed by atoms with Crippen LogP contribution in [0.4, 0.5) is 17.6 Å². The van der Waals surface area contributed by atoms with Gasteiger partial charge in [-0.2, -0.15) is 18.2 Å². The van der Waals surface area contributed by atoms with E-state index >= 15 is 0 Å². The molecule has 0 atom stereocenters. The van der Waals surface area contributed by atoms with Gasteiger partial charge in [0.15, 0.2) is 0 Å². The van der Waals surface area contributed by atoms with Crippen LogP contribution in [0.25, 0.3) is 22.3 Å². The van der Waals surface area contributed by atoms with Crippen molar-refractivity contribution in [1.29, 1.82) is 0 Å². The zero-order chi connectivity index (χ0) is 19.7. The van der Waals surface area contributed by atoms with Crippen LogP contribution in [0.15, 0.2) is 53.3 Å². The summed E-state index contributed by atoms with van der Waals surface area (Å²) in [7, 11) is 0. The maximum atomic E-state index is 14.3. The van der Waals surface area contributed by atoms with Gasteiger partial charge in [0.05, 0.1) is 11.1 Å². The van der Waals surface area contributed by atoms with E-state index in [9.17, 15) is 17.6 Å². The smallest absolute Gasteiger partial charge is 0.471 e. The molecular formula is C18H10F4N4O2. The Morgan fingerprint density at radius 1 is 1.04 bits per heavy atom. The van der Waals surface area contributed by atoms with E-state index in [0.717, 1.165) is 11.5 Å². The fraction of sp³-hybridized carbons (Fsp3) is 0.111. The highest BCUT2D eigenvalue weighted by Gasteiger charge is 2.38. The van der Waals surface area contributed by atoms with Gasteiger partial charge in [0, 0.05) is 23.8 Å². The van der Waals surface area contributed by atoms with E-state index in [2.05, 4.69) is 24.6 Å². The number of rotatable bonds is 4. The van der Waals surface area contributed by atoms with Crippen molar-refractivity contribution in [2.24, 2.45) is 0 Å². The molecule has 4 rings (SSSR count). The maximum Gasteiger partial charge on any atom is 0.471 e. The predicted octanol–water partition coefficient (Wildman–Crippen LogP) is 4.42. The van der Waals surface area contributed by atoms with Gasteiger partial charge in [0.1, 0.15) is 12.4 Å². The largest absolute Gasteiger partial charge is 0.473 e. The van der Waals surface area contributed by atoms with Crippen LogP contribution in [0.2, 0.25) is 0 Å². The minimum atomic E-state index is -4.79. The molecule has 4 aromatic rings. The Kier molecular flexibility index (Phi) is 4.38. The number of pyridine rings is 2. The van der Waals surface area contributed by atoms with Gasteiger partial charge in [0.2, 0.25) is 11.7 Å². The number of hydrogen-bond donors (Lipinski definition) is 0. The summed E-state index contributed by atoms with van der Waals surface area (Å²) < 4.78 is 61.5. The molecular weight excluding hydrogens is 380 g/mol. The lowest BCUT2D eigenvalue weighted by atomic mass is 10.1. The Morgan fingerprint density at radius 2 is 1.89 bits per heavy atom. The number of nitrogens with zero attached hydrogens (tertiary/aromatic N) is 4. The first-order valence-electron chi connectivity index (χ1n) is 7.93. The third-order valence-corrected chi connectivity index (χ3v) is 3.79. The summed E-state index contributed by atoms with van der Waals surface area (Å²) >= 11 is 0. The van der Waals surface area contributed by atoms with Crippen molar-refractivity contribution in [2.75, 3.05) is 0 Å². The average Bonchev–Trinajstić information content (AvgIpc) is 3.16. The molecule has 6 nitrogen and oxygen atoms in total. The second kappa shape index (κ2) is 6.87. The number of aromatic nitrogens is 4. The fourth-order valence-corrected chi connectivity index (χ4v) is 2.46. The van der Waals surface area contributed by atoms with Gasteiger partial charge in [0.25, 0.3) is 0 Å². The summed E-state index contributed by atoms with van der Waals surface area (Å²) in [6.07, 6.45) is -1.52. The van der Waals surface area contributed by atoms with Crippen molar-refractivity contribution in [3.63, 3.8) is 0 Å². The molecule has 1 aromatic carbocycles. The molecule has 28 heavy (non-hydrogen) atoms. The van der Waals surface area contributed by atoms with E-state index in [-0.39, 0.29) is 12.2 Å². The van der Waals surface area contributed by atoms with Crippen LogP contribution in [0.5, 0.6) is 5.88 Å². The lowest BCUT2D eigenvalue weighted by Crippen LogP contribution is -2.05. The van der Waals surface area contributed by atoms with Crippen LogP contribution in [0, 0.1) is 5.82 Å². The summed E-state index contributed by atoms with van der Waals surface area (Å²) in [6.45, 7) is 0.0147. The molecule has 0 bridgehead atoms. The third kappa shape index (κ3) is 3.61. The quantitative estimate of drug-likeness (QED) is 0.481. The monoisotopic (exact) mass is 390 g/mol. The van der Waals surface area contributed by atoms with E-state index in [0.29, 0.717) is 17.0 Å². The summed E-state index contributed by atoms with van der Waals surface area (Å²) in [5.74, 6) is -2.47. The van der Waals surface area contributed by atoms with E-state index < -0.39 is 23.7 Å². The maximum absolute atomic E-state index is 14.3. The van der Waals surface area contributed by atoms with Gasteiger partial charge in [-0.05, 0) is 29.8 Å². The molecule has 0 aliphatic heterocycles. The highest BCUT2D eigenvalue weighted by atomic mass is 19.4. The molecule has 0 N–H and O–H groups in total. The molecule has 0 amide bonds. The number of benzene rings is 1. The van der Waals surface area contributed by atoms with Gasteiger partial charge >= 0.3 is 12.1 Å². The number of fused-ring (bicyclic) bond motifs is 1.